The molecule has 0 saturated carbocycles. The van der Waals surface area contributed by atoms with Gasteiger partial charge in [0.15, 0.2) is 5.54 Å². The molecule has 0 spiro atoms. The first-order valence-corrected chi connectivity index (χ1v) is 8.03. The number of aliphatic carboxylic acids is 1. The summed E-state index contributed by atoms with van der Waals surface area (Å²) in [5, 5.41) is 17.0. The van der Waals surface area contributed by atoms with Gasteiger partial charge in [0, 0.05) is 24.7 Å². The second-order valence-corrected chi connectivity index (χ2v) is 6.08. The molecule has 1 aromatic heterocycles. The third-order valence-corrected chi connectivity index (χ3v) is 4.24. The van der Waals surface area contributed by atoms with Crippen LogP contribution in [-0.4, -0.2) is 26.8 Å². The van der Waals surface area contributed by atoms with E-state index in [0.29, 0.717) is 17.0 Å². The van der Waals surface area contributed by atoms with Gasteiger partial charge in [0.1, 0.15) is 0 Å². The Balaban J connectivity index is 2.14. The Labute approximate surface area is 145 Å². The van der Waals surface area contributed by atoms with Crippen LogP contribution in [0.4, 0.5) is 0 Å². The second-order valence-electron chi connectivity index (χ2n) is 5.64. The summed E-state index contributed by atoms with van der Waals surface area (Å²) in [6.45, 7) is 1.73. The fraction of sp³-hybridized carbons (Fsp3) is 0.353. The zero-order chi connectivity index (χ0) is 17.7. The fourth-order valence-electron chi connectivity index (χ4n) is 2.59. The highest BCUT2D eigenvalue weighted by Crippen LogP contribution is 2.27. The van der Waals surface area contributed by atoms with Crippen molar-refractivity contribution in [2.75, 3.05) is 0 Å². The molecule has 1 atom stereocenters. The minimum atomic E-state index is -1.46. The average Bonchev–Trinajstić information content (AvgIpc) is 2.97. The van der Waals surface area contributed by atoms with Crippen LogP contribution in [0.25, 0.3) is 0 Å². The van der Waals surface area contributed by atoms with E-state index in [2.05, 4.69) is 10.4 Å². The van der Waals surface area contributed by atoms with E-state index >= 15 is 0 Å². The van der Waals surface area contributed by atoms with Crippen molar-refractivity contribution in [1.29, 1.82) is 0 Å². The highest BCUT2D eigenvalue weighted by atomic mass is 35.5. The number of halogens is 1. The van der Waals surface area contributed by atoms with Crippen LogP contribution in [0, 0.1) is 0 Å². The van der Waals surface area contributed by atoms with Gasteiger partial charge in [-0.3, -0.25) is 9.48 Å². The Morgan fingerprint density at radius 3 is 2.50 bits per heavy atom. The van der Waals surface area contributed by atoms with Gasteiger partial charge in [0.05, 0.1) is 6.20 Å². The Hall–Kier alpha value is -2.34. The third kappa shape index (κ3) is 3.94. The van der Waals surface area contributed by atoms with Gasteiger partial charge in [-0.1, -0.05) is 30.7 Å². The number of carbonyl (C=O) groups excluding carboxylic acids is 1. The molecule has 0 saturated heterocycles. The number of hydrogen-bond acceptors (Lipinski definition) is 3. The molecule has 1 aromatic carbocycles. The lowest BCUT2D eigenvalue weighted by molar-refractivity contribution is -0.148. The molecule has 1 unspecified atom stereocenters. The number of hydrogen-bond donors (Lipinski definition) is 2. The molecule has 0 aliphatic rings. The molecule has 0 bridgehead atoms. The lowest BCUT2D eigenvalue weighted by atomic mass is 9.87. The van der Waals surface area contributed by atoms with Crippen LogP contribution < -0.4 is 5.32 Å². The molecule has 7 heteroatoms. The van der Waals surface area contributed by atoms with Gasteiger partial charge in [-0.05, 0) is 36.1 Å². The molecule has 2 aromatic rings. The largest absolute Gasteiger partial charge is 0.479 e. The van der Waals surface area contributed by atoms with Crippen LogP contribution in [0.15, 0.2) is 36.7 Å². The smallest absolute Gasteiger partial charge is 0.334 e. The molecular formula is C17H20ClN3O3. The Morgan fingerprint density at radius 1 is 1.33 bits per heavy atom. The maximum atomic E-state index is 12.3. The molecule has 1 amide bonds. The number of carbonyl (C=O) groups is 2. The van der Waals surface area contributed by atoms with E-state index in [0.717, 1.165) is 5.56 Å². The summed E-state index contributed by atoms with van der Waals surface area (Å²) in [6, 6.07) is 6.49. The van der Waals surface area contributed by atoms with Crippen LogP contribution in [0.1, 0.15) is 30.9 Å². The Morgan fingerprint density at radius 2 is 2.00 bits per heavy atom. The van der Waals surface area contributed by atoms with E-state index in [4.69, 9.17) is 11.6 Å². The van der Waals surface area contributed by atoms with Gasteiger partial charge in [0.25, 0.3) is 0 Å². The second kappa shape index (κ2) is 7.49. The van der Waals surface area contributed by atoms with Crippen LogP contribution in [0.5, 0.6) is 0 Å². The summed E-state index contributed by atoms with van der Waals surface area (Å²) < 4.78 is 1.66. The number of nitrogens with zero attached hydrogens (tertiary/aromatic N) is 2. The van der Waals surface area contributed by atoms with Gasteiger partial charge in [-0.2, -0.15) is 5.10 Å². The zero-order valence-electron chi connectivity index (χ0n) is 13.6. The van der Waals surface area contributed by atoms with Crippen LogP contribution in [0.3, 0.4) is 0 Å². The summed E-state index contributed by atoms with van der Waals surface area (Å²) >= 11 is 5.87. The molecule has 0 aliphatic carbocycles. The standard InChI is InChI=1S/C17H20ClN3O3/c1-3-17(16(23)24,13-5-7-14(18)8-6-13)20-15(22)9-4-12-10-19-21(2)11-12/h5-8,10-11H,3-4,9H2,1-2H3,(H,20,22)(H,23,24). The van der Waals surface area contributed by atoms with Crippen molar-refractivity contribution in [3.63, 3.8) is 0 Å². The van der Waals surface area contributed by atoms with Crippen molar-refractivity contribution in [2.24, 2.45) is 7.05 Å². The van der Waals surface area contributed by atoms with E-state index in [1.807, 2.05) is 6.20 Å². The van der Waals surface area contributed by atoms with Crippen molar-refractivity contribution >= 4 is 23.5 Å². The third-order valence-electron chi connectivity index (χ3n) is 3.98. The molecule has 0 aliphatic heterocycles. The van der Waals surface area contributed by atoms with Gasteiger partial charge in [-0.15, -0.1) is 0 Å². The lowest BCUT2D eigenvalue weighted by Gasteiger charge is -2.30. The monoisotopic (exact) mass is 349 g/mol. The first-order valence-electron chi connectivity index (χ1n) is 7.65. The SMILES string of the molecule is CCC(NC(=O)CCc1cnn(C)c1)(C(=O)O)c1ccc(Cl)cc1. The minimum absolute atomic E-state index is 0.189. The summed E-state index contributed by atoms with van der Waals surface area (Å²) in [5.41, 5.74) is -0.0374. The van der Waals surface area contributed by atoms with Crippen molar-refractivity contribution in [3.05, 3.63) is 52.8 Å². The zero-order valence-corrected chi connectivity index (χ0v) is 14.4. The van der Waals surface area contributed by atoms with Crippen LogP contribution in [-0.2, 0) is 28.6 Å². The van der Waals surface area contributed by atoms with E-state index in [1.54, 1.807) is 49.1 Å². The fourth-order valence-corrected chi connectivity index (χ4v) is 2.71. The molecule has 24 heavy (non-hydrogen) atoms. The molecule has 2 N–H and O–H groups in total. The first-order chi connectivity index (χ1) is 11.4. The number of amides is 1. The highest BCUT2D eigenvalue weighted by Gasteiger charge is 2.40. The number of benzene rings is 1. The molecule has 6 nitrogen and oxygen atoms in total. The van der Waals surface area contributed by atoms with Crippen LogP contribution in [0.2, 0.25) is 5.02 Å². The maximum Gasteiger partial charge on any atom is 0.334 e. The quantitative estimate of drug-likeness (QED) is 0.804. The van der Waals surface area contributed by atoms with Gasteiger partial charge in [0.2, 0.25) is 5.91 Å². The summed E-state index contributed by atoms with van der Waals surface area (Å²) in [4.78, 5) is 24.2. The number of carboxylic acids is 1. The van der Waals surface area contributed by atoms with Crippen LogP contribution >= 0.6 is 11.6 Å². The van der Waals surface area contributed by atoms with Crippen molar-refractivity contribution in [2.45, 2.75) is 31.7 Å². The normalized spacial score (nSPS) is 13.3. The summed E-state index contributed by atoms with van der Waals surface area (Å²) in [6.07, 6.45) is 4.43. The highest BCUT2D eigenvalue weighted by molar-refractivity contribution is 6.30. The van der Waals surface area contributed by atoms with E-state index in [-0.39, 0.29) is 18.7 Å². The maximum absolute atomic E-state index is 12.3. The van der Waals surface area contributed by atoms with Crippen molar-refractivity contribution < 1.29 is 14.7 Å². The number of aryl methyl sites for hydroxylation is 2. The van der Waals surface area contributed by atoms with E-state index < -0.39 is 11.5 Å². The van der Waals surface area contributed by atoms with Crippen molar-refractivity contribution in [1.82, 2.24) is 15.1 Å². The molecule has 0 fully saturated rings. The summed E-state index contributed by atoms with van der Waals surface area (Å²) in [7, 11) is 1.80. The van der Waals surface area contributed by atoms with Gasteiger partial charge in [-0.25, -0.2) is 4.79 Å². The predicted octanol–water partition coefficient (Wildman–Crippen LogP) is 2.51. The van der Waals surface area contributed by atoms with Gasteiger partial charge >= 0.3 is 5.97 Å². The van der Waals surface area contributed by atoms with Crippen molar-refractivity contribution in [3.8, 4) is 0 Å². The Kier molecular flexibility index (Phi) is 5.62. The van der Waals surface area contributed by atoms with E-state index in [9.17, 15) is 14.7 Å². The molecule has 0 radical (unpaired) electrons. The first kappa shape index (κ1) is 18.0. The lowest BCUT2D eigenvalue weighted by Crippen LogP contribution is -2.51. The molecular weight excluding hydrogens is 330 g/mol. The number of aromatic nitrogens is 2. The number of nitrogens with one attached hydrogen (secondary N) is 1. The average molecular weight is 350 g/mol. The molecule has 1 heterocycles. The number of rotatable bonds is 7. The topological polar surface area (TPSA) is 84.2 Å². The predicted molar refractivity (Wildman–Crippen MR) is 90.7 cm³/mol. The Bertz CT molecular complexity index is 727. The molecule has 2 rings (SSSR count). The van der Waals surface area contributed by atoms with Gasteiger partial charge < -0.3 is 10.4 Å². The number of carboxylic acid groups (broad SMARTS) is 1. The van der Waals surface area contributed by atoms with E-state index in [1.165, 1.54) is 0 Å². The summed E-state index contributed by atoms with van der Waals surface area (Å²) in [5.74, 6) is -1.42. The molecule has 128 valence electrons. The minimum Gasteiger partial charge on any atom is -0.479 e.